The van der Waals surface area contributed by atoms with E-state index in [9.17, 15) is 21.6 Å². The number of ether oxygens (including phenoxy) is 1. The molecule has 1 aromatic heterocycles. The zero-order chi connectivity index (χ0) is 18.1. The Labute approximate surface area is 142 Å². The van der Waals surface area contributed by atoms with E-state index in [0.717, 1.165) is 61.2 Å². The number of nitrogens with one attached hydrogen (secondary N) is 1. The van der Waals surface area contributed by atoms with Crippen molar-refractivity contribution in [3.63, 3.8) is 0 Å². The predicted octanol–water partition coefficient (Wildman–Crippen LogP) is 3.66. The van der Waals surface area contributed by atoms with Gasteiger partial charge in [0.25, 0.3) is 10.0 Å². The zero-order valence-electron chi connectivity index (χ0n) is 13.0. The third-order valence-corrected chi connectivity index (χ3v) is 5.19. The number of sulfonamides is 1. The molecule has 0 aliphatic heterocycles. The molecule has 5 nitrogen and oxygen atoms in total. The topological polar surface area (TPSA) is 68.3 Å². The van der Waals surface area contributed by atoms with Crippen LogP contribution in [-0.4, -0.2) is 19.8 Å². The van der Waals surface area contributed by atoms with Crippen LogP contribution in [0.4, 0.5) is 18.9 Å². The molecule has 0 spiro atoms. The van der Waals surface area contributed by atoms with Gasteiger partial charge in [-0.1, -0.05) is 0 Å². The maximum absolute atomic E-state index is 12.4. The van der Waals surface area contributed by atoms with Crippen molar-refractivity contribution in [2.24, 2.45) is 0 Å². The van der Waals surface area contributed by atoms with E-state index in [1.165, 1.54) is 6.20 Å². The second kappa shape index (κ2) is 6.55. The fraction of sp³-hybridized carbons (Fsp3) is 0.312. The van der Waals surface area contributed by atoms with Crippen LogP contribution in [0, 0.1) is 0 Å². The number of pyridine rings is 1. The lowest BCUT2D eigenvalue weighted by molar-refractivity contribution is -0.274. The summed E-state index contributed by atoms with van der Waals surface area (Å²) in [6.45, 7) is 0. The van der Waals surface area contributed by atoms with E-state index in [1.807, 2.05) is 0 Å². The van der Waals surface area contributed by atoms with Gasteiger partial charge >= 0.3 is 6.36 Å². The number of anilines is 1. The van der Waals surface area contributed by atoms with Crippen molar-refractivity contribution < 1.29 is 26.3 Å². The Morgan fingerprint density at radius 3 is 2.44 bits per heavy atom. The largest absolute Gasteiger partial charge is 0.573 e. The second-order valence-electron chi connectivity index (χ2n) is 5.66. The molecule has 3 rings (SSSR count). The van der Waals surface area contributed by atoms with Crippen molar-refractivity contribution in [3.8, 4) is 5.75 Å². The van der Waals surface area contributed by atoms with Crippen molar-refractivity contribution in [2.75, 3.05) is 4.72 Å². The average Bonchev–Trinajstić information content (AvgIpc) is 2.53. The Balaban J connectivity index is 1.77. The summed E-state index contributed by atoms with van der Waals surface area (Å²) in [5, 5.41) is 0. The molecular formula is C16H15F3N2O3S. The minimum atomic E-state index is -4.83. The third kappa shape index (κ3) is 4.41. The number of hydrogen-bond donors (Lipinski definition) is 1. The van der Waals surface area contributed by atoms with Gasteiger partial charge in [0.15, 0.2) is 0 Å². The molecule has 25 heavy (non-hydrogen) atoms. The van der Waals surface area contributed by atoms with Crippen LogP contribution in [0.5, 0.6) is 5.75 Å². The van der Waals surface area contributed by atoms with E-state index in [0.29, 0.717) is 5.69 Å². The maximum Gasteiger partial charge on any atom is 0.573 e. The zero-order valence-corrected chi connectivity index (χ0v) is 13.8. The fourth-order valence-electron chi connectivity index (χ4n) is 2.68. The molecule has 9 heteroatoms. The lowest BCUT2D eigenvalue weighted by Gasteiger charge is -2.16. The van der Waals surface area contributed by atoms with E-state index < -0.39 is 22.1 Å². The first-order chi connectivity index (χ1) is 11.7. The van der Waals surface area contributed by atoms with Crippen molar-refractivity contribution in [1.82, 2.24) is 4.98 Å². The Kier molecular flexibility index (Phi) is 4.59. The predicted molar refractivity (Wildman–Crippen MR) is 84.8 cm³/mol. The Hall–Kier alpha value is -2.29. The van der Waals surface area contributed by atoms with Crippen LogP contribution in [0.1, 0.15) is 24.1 Å². The summed E-state index contributed by atoms with van der Waals surface area (Å²) in [7, 11) is -3.93. The van der Waals surface area contributed by atoms with Gasteiger partial charge in [0.05, 0.1) is 16.8 Å². The van der Waals surface area contributed by atoms with Crippen molar-refractivity contribution in [2.45, 2.75) is 36.9 Å². The summed E-state index contributed by atoms with van der Waals surface area (Å²) < 4.78 is 67.3. The number of nitrogens with zero attached hydrogens (tertiary/aromatic N) is 1. The van der Waals surface area contributed by atoms with Gasteiger partial charge in [-0.3, -0.25) is 9.71 Å². The Morgan fingerprint density at radius 2 is 1.76 bits per heavy atom. The summed E-state index contributed by atoms with van der Waals surface area (Å²) in [4.78, 5) is 4.11. The van der Waals surface area contributed by atoms with Crippen molar-refractivity contribution >= 4 is 15.7 Å². The van der Waals surface area contributed by atoms with Crippen LogP contribution in [0.2, 0.25) is 0 Å². The van der Waals surface area contributed by atoms with Crippen LogP contribution < -0.4 is 9.46 Å². The number of alkyl halides is 3. The van der Waals surface area contributed by atoms with Crippen LogP contribution >= 0.6 is 0 Å². The lowest BCUT2D eigenvalue weighted by Crippen LogP contribution is -2.17. The molecule has 1 aliphatic carbocycles. The van der Waals surface area contributed by atoms with Crippen LogP contribution in [0.25, 0.3) is 0 Å². The van der Waals surface area contributed by atoms with E-state index in [4.69, 9.17) is 0 Å². The highest BCUT2D eigenvalue weighted by molar-refractivity contribution is 7.92. The summed E-state index contributed by atoms with van der Waals surface area (Å²) >= 11 is 0. The molecule has 0 saturated carbocycles. The average molecular weight is 372 g/mol. The molecule has 1 aliphatic rings. The van der Waals surface area contributed by atoms with Crippen molar-refractivity contribution in [1.29, 1.82) is 0 Å². The number of fused-ring (bicyclic) bond motifs is 1. The molecule has 0 fully saturated rings. The third-order valence-electron chi connectivity index (χ3n) is 3.79. The maximum atomic E-state index is 12.4. The SMILES string of the molecule is O=S(=O)(Nc1cnc2c(c1)CCCC2)c1ccc(OC(F)(F)F)cc1. The minimum absolute atomic E-state index is 0.167. The highest BCUT2D eigenvalue weighted by Gasteiger charge is 2.31. The summed E-state index contributed by atoms with van der Waals surface area (Å²) in [5.74, 6) is -0.484. The van der Waals surface area contributed by atoms with E-state index in [2.05, 4.69) is 14.4 Å². The lowest BCUT2D eigenvalue weighted by atomic mass is 9.96. The Bertz CT molecular complexity index is 865. The minimum Gasteiger partial charge on any atom is -0.406 e. The van der Waals surface area contributed by atoms with Gasteiger partial charge in [0, 0.05) is 5.69 Å². The molecule has 0 bridgehead atoms. The molecule has 1 aromatic carbocycles. The number of halogens is 3. The molecule has 2 aromatic rings. The van der Waals surface area contributed by atoms with Crippen molar-refractivity contribution in [3.05, 3.63) is 47.8 Å². The van der Waals surface area contributed by atoms with Gasteiger partial charge in [0.2, 0.25) is 0 Å². The smallest absolute Gasteiger partial charge is 0.406 e. The van der Waals surface area contributed by atoms with Gasteiger partial charge in [-0.05, 0) is 61.6 Å². The van der Waals surface area contributed by atoms with Crippen LogP contribution in [-0.2, 0) is 22.9 Å². The highest BCUT2D eigenvalue weighted by Crippen LogP contribution is 2.26. The molecule has 0 saturated heterocycles. The normalized spacial score (nSPS) is 14.7. The molecule has 0 atom stereocenters. The van der Waals surface area contributed by atoms with Gasteiger partial charge in [-0.15, -0.1) is 13.2 Å². The molecule has 0 radical (unpaired) electrons. The van der Waals surface area contributed by atoms with E-state index in [1.54, 1.807) is 6.07 Å². The summed E-state index contributed by atoms with van der Waals surface area (Å²) in [6, 6.07) is 5.75. The number of rotatable bonds is 4. The number of hydrogen-bond acceptors (Lipinski definition) is 4. The van der Waals surface area contributed by atoms with Gasteiger partial charge in [-0.2, -0.15) is 0 Å². The quantitative estimate of drug-likeness (QED) is 0.889. The monoisotopic (exact) mass is 372 g/mol. The van der Waals surface area contributed by atoms with Gasteiger partial charge in [-0.25, -0.2) is 8.42 Å². The number of benzene rings is 1. The van der Waals surface area contributed by atoms with Gasteiger partial charge in [0.1, 0.15) is 5.75 Å². The van der Waals surface area contributed by atoms with Crippen LogP contribution in [0.15, 0.2) is 41.4 Å². The van der Waals surface area contributed by atoms with E-state index in [-0.39, 0.29) is 4.90 Å². The summed E-state index contributed by atoms with van der Waals surface area (Å²) in [6.07, 6.45) is 0.448. The number of aromatic nitrogens is 1. The standard InChI is InChI=1S/C16H15F3N2O3S/c17-16(18,19)24-13-5-7-14(8-6-13)25(22,23)21-12-9-11-3-1-2-4-15(11)20-10-12/h5-10,21H,1-4H2. The number of aryl methyl sites for hydroxylation is 2. The molecule has 134 valence electrons. The molecule has 1 N–H and O–H groups in total. The first-order valence-electron chi connectivity index (χ1n) is 7.59. The molecule has 1 heterocycles. The second-order valence-corrected chi connectivity index (χ2v) is 7.34. The first-order valence-corrected chi connectivity index (χ1v) is 9.08. The molecule has 0 unspecified atom stereocenters. The summed E-state index contributed by atoms with van der Waals surface area (Å²) in [5.41, 5.74) is 2.32. The van der Waals surface area contributed by atoms with E-state index >= 15 is 0 Å². The van der Waals surface area contributed by atoms with Crippen LogP contribution in [0.3, 0.4) is 0 Å². The Morgan fingerprint density at radius 1 is 1.08 bits per heavy atom. The van der Waals surface area contributed by atoms with Gasteiger partial charge < -0.3 is 4.74 Å². The molecule has 0 amide bonds. The fourth-order valence-corrected chi connectivity index (χ4v) is 3.71. The first kappa shape index (κ1) is 17.5. The highest BCUT2D eigenvalue weighted by atomic mass is 32.2. The molecular weight excluding hydrogens is 357 g/mol.